The second-order valence-electron chi connectivity index (χ2n) is 6.88. The molecular weight excluding hydrogens is 292 g/mol. The van der Waals surface area contributed by atoms with Crippen LogP contribution in [0.25, 0.3) is 0 Å². The van der Waals surface area contributed by atoms with Gasteiger partial charge in [-0.25, -0.2) is 4.98 Å². The van der Waals surface area contributed by atoms with Gasteiger partial charge in [-0.1, -0.05) is 0 Å². The number of carbonyl (C=O) groups is 1. The minimum absolute atomic E-state index is 0.0605. The van der Waals surface area contributed by atoms with Gasteiger partial charge in [0.1, 0.15) is 0 Å². The van der Waals surface area contributed by atoms with Crippen LogP contribution in [0.2, 0.25) is 0 Å². The summed E-state index contributed by atoms with van der Waals surface area (Å²) in [5.41, 5.74) is 5.48. The summed E-state index contributed by atoms with van der Waals surface area (Å²) in [5.74, 6) is 0.414. The molecule has 3 rings (SSSR count). The Morgan fingerprint density at radius 2 is 2.09 bits per heavy atom. The van der Waals surface area contributed by atoms with Crippen molar-refractivity contribution in [2.75, 3.05) is 26.2 Å². The molecule has 2 fully saturated rings. The monoisotopic (exact) mass is 320 g/mol. The third kappa shape index (κ3) is 4.54. The fraction of sp³-hybridized carbons (Fsp3) is 0.765. The van der Waals surface area contributed by atoms with Crippen molar-refractivity contribution in [2.45, 2.75) is 44.8 Å². The molecule has 0 radical (unpaired) electrons. The van der Waals surface area contributed by atoms with Crippen LogP contribution in [0.15, 0.2) is 18.7 Å². The SMILES string of the molecule is NC(=O)[C@@H]1CCO[C@@H]1CC1CCN(CCCn2ccnc2)CC1. The van der Waals surface area contributed by atoms with E-state index in [0.29, 0.717) is 12.5 Å². The van der Waals surface area contributed by atoms with Crippen LogP contribution in [0.3, 0.4) is 0 Å². The molecule has 23 heavy (non-hydrogen) atoms. The molecule has 1 amide bonds. The first-order chi connectivity index (χ1) is 11.2. The van der Waals surface area contributed by atoms with Gasteiger partial charge in [-0.3, -0.25) is 4.79 Å². The fourth-order valence-electron chi connectivity index (χ4n) is 3.88. The van der Waals surface area contributed by atoms with Gasteiger partial charge in [0.25, 0.3) is 0 Å². The molecule has 128 valence electrons. The zero-order chi connectivity index (χ0) is 16.1. The van der Waals surface area contributed by atoms with Gasteiger partial charge in [0.15, 0.2) is 0 Å². The Labute approximate surface area is 138 Å². The van der Waals surface area contributed by atoms with Crippen molar-refractivity contribution >= 4 is 5.91 Å². The summed E-state index contributed by atoms with van der Waals surface area (Å²) in [6.45, 7) is 5.18. The van der Waals surface area contributed by atoms with Crippen LogP contribution in [0.4, 0.5) is 0 Å². The summed E-state index contributed by atoms with van der Waals surface area (Å²) < 4.78 is 7.87. The van der Waals surface area contributed by atoms with E-state index < -0.39 is 0 Å². The first kappa shape index (κ1) is 16.5. The van der Waals surface area contributed by atoms with Crippen LogP contribution in [0.5, 0.6) is 0 Å². The van der Waals surface area contributed by atoms with Crippen molar-refractivity contribution < 1.29 is 9.53 Å². The number of rotatable bonds is 7. The molecule has 6 nitrogen and oxygen atoms in total. The number of likely N-dealkylation sites (tertiary alicyclic amines) is 1. The quantitative estimate of drug-likeness (QED) is 0.821. The third-order valence-corrected chi connectivity index (χ3v) is 5.30. The Morgan fingerprint density at radius 3 is 2.78 bits per heavy atom. The fourth-order valence-corrected chi connectivity index (χ4v) is 3.88. The van der Waals surface area contributed by atoms with E-state index in [1.54, 1.807) is 0 Å². The number of nitrogens with two attached hydrogens (primary N) is 1. The van der Waals surface area contributed by atoms with E-state index in [1.165, 1.54) is 12.8 Å². The van der Waals surface area contributed by atoms with Crippen LogP contribution in [0, 0.1) is 11.8 Å². The van der Waals surface area contributed by atoms with E-state index in [2.05, 4.69) is 14.5 Å². The lowest BCUT2D eigenvalue weighted by atomic mass is 9.86. The van der Waals surface area contributed by atoms with E-state index in [-0.39, 0.29) is 17.9 Å². The van der Waals surface area contributed by atoms with E-state index in [1.807, 2.05) is 18.7 Å². The molecule has 6 heteroatoms. The molecule has 3 heterocycles. The van der Waals surface area contributed by atoms with Crippen molar-refractivity contribution in [3.8, 4) is 0 Å². The number of hydrogen-bond acceptors (Lipinski definition) is 4. The highest BCUT2D eigenvalue weighted by Gasteiger charge is 2.34. The molecule has 1 aromatic rings. The Bertz CT molecular complexity index is 483. The van der Waals surface area contributed by atoms with E-state index in [0.717, 1.165) is 45.4 Å². The predicted octanol–water partition coefficient (Wildman–Crippen LogP) is 1.27. The Hall–Kier alpha value is -1.40. The zero-order valence-electron chi connectivity index (χ0n) is 13.8. The second kappa shape index (κ2) is 7.93. The van der Waals surface area contributed by atoms with E-state index in [9.17, 15) is 4.79 Å². The van der Waals surface area contributed by atoms with Gasteiger partial charge in [-0.05, 0) is 57.7 Å². The molecule has 0 bridgehead atoms. The highest BCUT2D eigenvalue weighted by Crippen LogP contribution is 2.30. The molecule has 0 aromatic carbocycles. The lowest BCUT2D eigenvalue weighted by molar-refractivity contribution is -0.123. The largest absolute Gasteiger partial charge is 0.377 e. The van der Waals surface area contributed by atoms with Gasteiger partial charge in [0, 0.05) is 25.5 Å². The number of hydrogen-bond donors (Lipinski definition) is 1. The Balaban J connectivity index is 1.34. The molecule has 0 spiro atoms. The van der Waals surface area contributed by atoms with Gasteiger partial charge >= 0.3 is 0 Å². The molecule has 2 saturated heterocycles. The number of carbonyl (C=O) groups excluding carboxylic acids is 1. The Kier molecular flexibility index (Phi) is 5.67. The van der Waals surface area contributed by atoms with Crippen molar-refractivity contribution in [3.05, 3.63) is 18.7 Å². The van der Waals surface area contributed by atoms with Crippen molar-refractivity contribution in [2.24, 2.45) is 17.6 Å². The molecule has 0 aliphatic carbocycles. The smallest absolute Gasteiger partial charge is 0.223 e. The molecular formula is C17H28N4O2. The maximum atomic E-state index is 11.4. The number of piperidine rings is 1. The molecule has 0 saturated carbocycles. The van der Waals surface area contributed by atoms with Crippen LogP contribution in [-0.4, -0.2) is 52.7 Å². The number of aryl methyl sites for hydroxylation is 1. The van der Waals surface area contributed by atoms with E-state index in [4.69, 9.17) is 10.5 Å². The van der Waals surface area contributed by atoms with Crippen LogP contribution >= 0.6 is 0 Å². The average molecular weight is 320 g/mol. The zero-order valence-corrected chi connectivity index (χ0v) is 13.8. The van der Waals surface area contributed by atoms with Gasteiger partial charge in [-0.15, -0.1) is 0 Å². The molecule has 2 aliphatic heterocycles. The highest BCUT2D eigenvalue weighted by atomic mass is 16.5. The normalized spacial score (nSPS) is 26.6. The van der Waals surface area contributed by atoms with E-state index >= 15 is 0 Å². The number of ether oxygens (including phenoxy) is 1. The van der Waals surface area contributed by atoms with Crippen LogP contribution in [-0.2, 0) is 16.1 Å². The van der Waals surface area contributed by atoms with Crippen molar-refractivity contribution in [1.82, 2.24) is 14.5 Å². The molecule has 1 aromatic heterocycles. The minimum atomic E-state index is -0.190. The number of aromatic nitrogens is 2. The summed E-state index contributed by atoms with van der Waals surface area (Å²) in [7, 11) is 0. The molecule has 2 N–H and O–H groups in total. The standard InChI is InChI=1S/C17H28N4O2/c18-17(22)15-4-11-23-16(15)12-14-2-8-20(9-3-14)6-1-7-21-10-5-19-13-21/h5,10,13-16H,1-4,6-9,11-12H2,(H2,18,22)/t15-,16-/m1/s1. The number of nitrogens with zero attached hydrogens (tertiary/aromatic N) is 3. The topological polar surface area (TPSA) is 73.4 Å². The maximum absolute atomic E-state index is 11.4. The summed E-state index contributed by atoms with van der Waals surface area (Å²) in [6, 6.07) is 0. The molecule has 2 atom stereocenters. The highest BCUT2D eigenvalue weighted by molar-refractivity contribution is 5.77. The minimum Gasteiger partial charge on any atom is -0.377 e. The second-order valence-corrected chi connectivity index (χ2v) is 6.88. The predicted molar refractivity (Wildman–Crippen MR) is 87.7 cm³/mol. The van der Waals surface area contributed by atoms with Crippen LogP contribution < -0.4 is 5.73 Å². The Morgan fingerprint density at radius 1 is 1.26 bits per heavy atom. The van der Waals surface area contributed by atoms with Gasteiger partial charge in [0.05, 0.1) is 18.3 Å². The first-order valence-corrected chi connectivity index (χ1v) is 8.81. The summed E-state index contributed by atoms with van der Waals surface area (Å²) >= 11 is 0. The van der Waals surface area contributed by atoms with Crippen LogP contribution in [0.1, 0.15) is 32.1 Å². The lowest BCUT2D eigenvalue weighted by Crippen LogP contribution is -2.37. The molecule has 0 unspecified atom stereocenters. The maximum Gasteiger partial charge on any atom is 0.223 e. The first-order valence-electron chi connectivity index (χ1n) is 8.81. The third-order valence-electron chi connectivity index (χ3n) is 5.30. The summed E-state index contributed by atoms with van der Waals surface area (Å²) in [5, 5.41) is 0. The number of primary amides is 1. The molecule has 2 aliphatic rings. The summed E-state index contributed by atoms with van der Waals surface area (Å²) in [4.78, 5) is 18.1. The van der Waals surface area contributed by atoms with Crippen molar-refractivity contribution in [1.29, 1.82) is 0 Å². The number of imidazole rings is 1. The average Bonchev–Trinajstić information content (AvgIpc) is 3.20. The lowest BCUT2D eigenvalue weighted by Gasteiger charge is -2.33. The summed E-state index contributed by atoms with van der Waals surface area (Å²) in [6.07, 6.45) is 11.2. The van der Waals surface area contributed by atoms with Crippen molar-refractivity contribution in [3.63, 3.8) is 0 Å². The number of amides is 1. The van der Waals surface area contributed by atoms with Gasteiger partial charge < -0.3 is 19.9 Å². The van der Waals surface area contributed by atoms with Gasteiger partial charge in [0.2, 0.25) is 5.91 Å². The van der Waals surface area contributed by atoms with Gasteiger partial charge in [-0.2, -0.15) is 0 Å².